The van der Waals surface area contributed by atoms with Gasteiger partial charge in [0.1, 0.15) is 5.82 Å². The van der Waals surface area contributed by atoms with Crippen molar-refractivity contribution in [1.82, 2.24) is 10.3 Å². The van der Waals surface area contributed by atoms with Crippen molar-refractivity contribution in [3.8, 4) is 11.5 Å². The Bertz CT molecular complexity index is 808. The first kappa shape index (κ1) is 21.2. The largest absolute Gasteiger partial charge is 0.493 e. The molecule has 1 heterocycles. The Morgan fingerprint density at radius 3 is 2.62 bits per heavy atom. The lowest BCUT2D eigenvalue weighted by Crippen LogP contribution is -2.40. The topological polar surface area (TPSA) is 72.5 Å². The van der Waals surface area contributed by atoms with E-state index in [1.165, 1.54) is 0 Å². The van der Waals surface area contributed by atoms with Crippen LogP contribution in [0.2, 0.25) is 5.02 Å². The Morgan fingerprint density at radius 2 is 1.97 bits per heavy atom. The minimum absolute atomic E-state index is 0.144. The average Bonchev–Trinajstić information content (AvgIpc) is 2.74. The number of nitrogens with one attached hydrogen (secondary N) is 2. The number of carbonyl (C=O) groups is 1. The molecule has 0 bridgehead atoms. The van der Waals surface area contributed by atoms with Gasteiger partial charge < -0.3 is 20.1 Å². The highest BCUT2D eigenvalue weighted by Crippen LogP contribution is 2.36. The van der Waals surface area contributed by atoms with Gasteiger partial charge in [-0.2, -0.15) is 0 Å². The molecule has 1 aliphatic rings. The number of rotatable bonds is 8. The summed E-state index contributed by atoms with van der Waals surface area (Å²) in [4.78, 5) is 17.1. The van der Waals surface area contributed by atoms with Crippen LogP contribution in [0.4, 0.5) is 5.82 Å². The molecule has 0 radical (unpaired) electrons. The zero-order chi connectivity index (χ0) is 20.6. The highest BCUT2D eigenvalue weighted by molar-refractivity contribution is 6.32. The van der Waals surface area contributed by atoms with Gasteiger partial charge in [-0.15, -0.1) is 0 Å². The molecule has 2 N–H and O–H groups in total. The fourth-order valence-electron chi connectivity index (χ4n) is 3.50. The summed E-state index contributed by atoms with van der Waals surface area (Å²) >= 11 is 6.33. The number of benzene rings is 1. The van der Waals surface area contributed by atoms with Crippen LogP contribution in [0.5, 0.6) is 11.5 Å². The number of halogens is 1. The minimum atomic E-state index is -0.145. The maximum Gasteiger partial charge on any atom is 0.251 e. The molecule has 1 aromatic heterocycles. The van der Waals surface area contributed by atoms with Crippen LogP contribution in [0.25, 0.3) is 0 Å². The van der Waals surface area contributed by atoms with Crippen molar-refractivity contribution in [2.75, 3.05) is 19.0 Å². The number of aromatic nitrogens is 1. The summed E-state index contributed by atoms with van der Waals surface area (Å²) in [6, 6.07) is 9.69. The Morgan fingerprint density at radius 1 is 1.21 bits per heavy atom. The van der Waals surface area contributed by atoms with Crippen LogP contribution in [0.3, 0.4) is 0 Å². The third-order valence-electron chi connectivity index (χ3n) is 5.02. The van der Waals surface area contributed by atoms with Gasteiger partial charge in [0.2, 0.25) is 0 Å². The number of amides is 1. The van der Waals surface area contributed by atoms with Gasteiger partial charge in [-0.05, 0) is 56.4 Å². The molecule has 1 amide bonds. The summed E-state index contributed by atoms with van der Waals surface area (Å²) < 4.78 is 11.0. The Kier molecular flexibility index (Phi) is 7.58. The quantitative estimate of drug-likeness (QED) is 0.652. The van der Waals surface area contributed by atoms with E-state index in [9.17, 15) is 4.79 Å². The van der Waals surface area contributed by atoms with E-state index in [-0.39, 0.29) is 11.9 Å². The monoisotopic (exact) mass is 417 g/mol. The van der Waals surface area contributed by atoms with Gasteiger partial charge in [0.25, 0.3) is 5.91 Å². The van der Waals surface area contributed by atoms with Gasteiger partial charge in [0, 0.05) is 23.8 Å². The molecule has 0 spiro atoms. The summed E-state index contributed by atoms with van der Waals surface area (Å²) in [6.45, 7) is 2.56. The third kappa shape index (κ3) is 5.76. The lowest BCUT2D eigenvalue weighted by Gasteiger charge is -2.30. The zero-order valence-corrected chi connectivity index (χ0v) is 17.7. The van der Waals surface area contributed by atoms with Crippen LogP contribution < -0.4 is 20.1 Å². The maximum atomic E-state index is 12.7. The number of methoxy groups -OCH3 is 1. The van der Waals surface area contributed by atoms with Gasteiger partial charge in [0.15, 0.2) is 11.5 Å². The molecule has 0 aliphatic heterocycles. The molecule has 29 heavy (non-hydrogen) atoms. The normalized spacial score (nSPS) is 18.7. The van der Waals surface area contributed by atoms with Crippen LogP contribution in [-0.4, -0.2) is 36.7 Å². The first-order valence-electron chi connectivity index (χ1n) is 10.1. The number of hydrogen-bond donors (Lipinski definition) is 2. The average molecular weight is 418 g/mol. The summed E-state index contributed by atoms with van der Waals surface area (Å²) in [7, 11) is 1.54. The molecule has 6 nitrogen and oxygen atoms in total. The fraction of sp³-hybridized carbons (Fsp3) is 0.455. The molecular formula is C22H28ClN3O3. The third-order valence-corrected chi connectivity index (χ3v) is 5.30. The molecule has 0 unspecified atom stereocenters. The lowest BCUT2D eigenvalue weighted by molar-refractivity contribution is 0.0926. The highest BCUT2D eigenvalue weighted by Gasteiger charge is 2.24. The number of anilines is 1. The van der Waals surface area contributed by atoms with Crippen LogP contribution in [0.1, 0.15) is 49.4 Å². The number of ether oxygens (including phenoxy) is 2. The molecule has 1 fully saturated rings. The van der Waals surface area contributed by atoms with Crippen LogP contribution in [0, 0.1) is 0 Å². The van der Waals surface area contributed by atoms with Crippen LogP contribution in [-0.2, 0) is 0 Å². The molecule has 1 saturated carbocycles. The van der Waals surface area contributed by atoms with E-state index in [2.05, 4.69) is 15.6 Å². The summed E-state index contributed by atoms with van der Waals surface area (Å²) in [5.74, 6) is 1.70. The van der Waals surface area contributed by atoms with Gasteiger partial charge in [-0.3, -0.25) is 4.79 Å². The number of nitrogens with zero attached hydrogens (tertiary/aromatic N) is 1. The maximum absolute atomic E-state index is 12.7. The smallest absolute Gasteiger partial charge is 0.251 e. The Balaban J connectivity index is 1.56. The van der Waals surface area contributed by atoms with Gasteiger partial charge in [-0.1, -0.05) is 24.6 Å². The minimum Gasteiger partial charge on any atom is -0.493 e. The van der Waals surface area contributed by atoms with E-state index in [4.69, 9.17) is 21.1 Å². The summed E-state index contributed by atoms with van der Waals surface area (Å²) in [6.07, 6.45) is 6.44. The SMILES string of the molecule is CCCOc1c(Cl)cc(C(=O)NC2CCC(Nc3ccccn3)CC2)cc1OC. The Hall–Kier alpha value is -2.47. The molecule has 0 atom stereocenters. The first-order valence-corrected chi connectivity index (χ1v) is 10.5. The van der Waals surface area contributed by atoms with E-state index < -0.39 is 0 Å². The van der Waals surface area contributed by atoms with Crippen molar-refractivity contribution in [3.05, 3.63) is 47.1 Å². The fourth-order valence-corrected chi connectivity index (χ4v) is 3.77. The van der Waals surface area contributed by atoms with Crippen molar-refractivity contribution in [1.29, 1.82) is 0 Å². The van der Waals surface area contributed by atoms with Crippen LogP contribution >= 0.6 is 11.6 Å². The standard InChI is InChI=1S/C22H28ClN3O3/c1-3-12-29-21-18(23)13-15(14-19(21)28-2)22(27)26-17-9-7-16(8-10-17)25-20-6-4-5-11-24-20/h4-6,11,13-14,16-17H,3,7-10,12H2,1-2H3,(H,24,25)(H,26,27). The van der Waals surface area contributed by atoms with Crippen molar-refractivity contribution in [2.45, 2.75) is 51.1 Å². The second kappa shape index (κ2) is 10.3. The number of hydrogen-bond acceptors (Lipinski definition) is 5. The lowest BCUT2D eigenvalue weighted by atomic mass is 9.91. The summed E-state index contributed by atoms with van der Waals surface area (Å²) in [5.41, 5.74) is 0.476. The van der Waals surface area contributed by atoms with E-state index in [0.29, 0.717) is 34.7 Å². The predicted octanol–water partition coefficient (Wildman–Crippen LogP) is 4.69. The van der Waals surface area contributed by atoms with Crippen molar-refractivity contribution < 1.29 is 14.3 Å². The molecule has 1 aliphatic carbocycles. The van der Waals surface area contributed by atoms with Crippen LogP contribution in [0.15, 0.2) is 36.5 Å². The molecule has 3 rings (SSSR count). The van der Waals surface area contributed by atoms with Crippen molar-refractivity contribution in [2.24, 2.45) is 0 Å². The van der Waals surface area contributed by atoms with E-state index >= 15 is 0 Å². The second-order valence-electron chi connectivity index (χ2n) is 7.22. The molecule has 2 aromatic rings. The van der Waals surface area contributed by atoms with E-state index in [0.717, 1.165) is 37.9 Å². The Labute approximate surface area is 177 Å². The number of pyridine rings is 1. The molecular weight excluding hydrogens is 390 g/mol. The second-order valence-corrected chi connectivity index (χ2v) is 7.63. The molecule has 156 valence electrons. The van der Waals surface area contributed by atoms with E-state index in [1.807, 2.05) is 25.1 Å². The van der Waals surface area contributed by atoms with Gasteiger partial charge in [0.05, 0.1) is 18.7 Å². The van der Waals surface area contributed by atoms with Gasteiger partial charge >= 0.3 is 0 Å². The van der Waals surface area contributed by atoms with Gasteiger partial charge in [-0.25, -0.2) is 4.98 Å². The number of carbonyl (C=O) groups excluding carboxylic acids is 1. The first-order chi connectivity index (χ1) is 14.1. The molecule has 0 saturated heterocycles. The highest BCUT2D eigenvalue weighted by atomic mass is 35.5. The van der Waals surface area contributed by atoms with E-state index in [1.54, 1.807) is 25.4 Å². The molecule has 1 aromatic carbocycles. The van der Waals surface area contributed by atoms with Crippen molar-refractivity contribution >= 4 is 23.3 Å². The summed E-state index contributed by atoms with van der Waals surface area (Å²) in [5, 5.41) is 6.96. The predicted molar refractivity (Wildman–Crippen MR) is 115 cm³/mol. The van der Waals surface area contributed by atoms with Crippen molar-refractivity contribution in [3.63, 3.8) is 0 Å². The molecule has 7 heteroatoms. The zero-order valence-electron chi connectivity index (χ0n) is 16.9.